The Morgan fingerprint density at radius 1 is 0.325 bits per heavy atom. The molecule has 0 aliphatic carbocycles. The fourth-order valence-corrected chi connectivity index (χ4v) is 12.1. The molecule has 4 heterocycles. The fraction of sp³-hybridized carbons (Fsp3) is 0.0833. The Hall–Kier alpha value is -9.76. The fourth-order valence-electron chi connectivity index (χ4n) is 12.1. The number of hydrogen-bond donors (Lipinski definition) is 0. The number of fused-ring (bicyclic) bond motifs is 9. The van der Waals surface area contributed by atoms with Gasteiger partial charge in [0.15, 0.2) is 0 Å². The molecular formula is C72H53N5. The minimum Gasteiger partial charge on any atom is -0.309 e. The number of nitrogens with zero attached hydrogens (tertiary/aromatic N) is 5. The third-order valence-electron chi connectivity index (χ3n) is 15.8. The summed E-state index contributed by atoms with van der Waals surface area (Å²) >= 11 is 0. The van der Waals surface area contributed by atoms with Crippen LogP contribution in [0.25, 0.3) is 127 Å². The molecule has 0 radical (unpaired) electrons. The number of rotatable bonds is 7. The lowest BCUT2D eigenvalue weighted by molar-refractivity contribution is 1.17. The average Bonchev–Trinajstić information content (AvgIpc) is 4.07. The summed E-state index contributed by atoms with van der Waals surface area (Å²) in [6.45, 7) is 13.0. The van der Waals surface area contributed by atoms with Gasteiger partial charge in [-0.1, -0.05) is 118 Å². The third-order valence-corrected chi connectivity index (χ3v) is 15.8. The Labute approximate surface area is 447 Å². The van der Waals surface area contributed by atoms with Gasteiger partial charge in [0.05, 0.1) is 56.1 Å². The van der Waals surface area contributed by atoms with Gasteiger partial charge in [-0.3, -0.25) is 0 Å². The van der Waals surface area contributed by atoms with Crippen LogP contribution in [0.1, 0.15) is 38.9 Å². The molecule has 0 saturated heterocycles. The van der Waals surface area contributed by atoms with E-state index in [9.17, 15) is 5.26 Å². The maximum absolute atomic E-state index is 10.3. The molecule has 14 aromatic rings. The SMILES string of the molecule is Cc1ccc2c(c1)c1cc(C)ccc1n2-c1ccc(-c2cc(-c3cccc(C#N)c3)c(-c3ccc(-n4c5ccc(C)cc5c5cc(C)ccc54)cc3)c(-c3ccc(-n4c5ccc(C)cc5c5cc(C)ccc54)cc3)n2)cc1. The second-order valence-electron chi connectivity index (χ2n) is 21.2. The van der Waals surface area contributed by atoms with Crippen molar-refractivity contribution in [3.63, 3.8) is 0 Å². The Morgan fingerprint density at radius 2 is 0.662 bits per heavy atom. The quantitative estimate of drug-likeness (QED) is 0.160. The van der Waals surface area contributed by atoms with Crippen molar-refractivity contribution in [1.29, 1.82) is 5.26 Å². The van der Waals surface area contributed by atoms with Crippen molar-refractivity contribution < 1.29 is 0 Å². The van der Waals surface area contributed by atoms with E-state index in [1.54, 1.807) is 0 Å². The Kier molecular flexibility index (Phi) is 10.5. The van der Waals surface area contributed by atoms with Gasteiger partial charge in [0, 0.05) is 66.1 Å². The molecule has 0 bridgehead atoms. The van der Waals surface area contributed by atoms with Gasteiger partial charge in [-0.05, 0) is 186 Å². The zero-order valence-corrected chi connectivity index (χ0v) is 43.9. The maximum atomic E-state index is 10.3. The normalized spacial score (nSPS) is 11.8. The molecule has 10 aromatic carbocycles. The smallest absolute Gasteiger partial charge is 0.0991 e. The first-order valence-corrected chi connectivity index (χ1v) is 26.5. The van der Waals surface area contributed by atoms with Crippen molar-refractivity contribution >= 4 is 65.4 Å². The lowest BCUT2D eigenvalue weighted by Gasteiger charge is -2.19. The number of hydrogen-bond acceptors (Lipinski definition) is 2. The highest BCUT2D eigenvalue weighted by molar-refractivity contribution is 6.12. The summed E-state index contributed by atoms with van der Waals surface area (Å²) < 4.78 is 7.14. The Morgan fingerprint density at radius 3 is 1.01 bits per heavy atom. The molecule has 14 rings (SSSR count). The molecule has 0 spiro atoms. The van der Waals surface area contributed by atoms with Gasteiger partial charge in [0.25, 0.3) is 0 Å². The van der Waals surface area contributed by atoms with Crippen molar-refractivity contribution in [2.45, 2.75) is 41.5 Å². The van der Waals surface area contributed by atoms with Crippen molar-refractivity contribution in [1.82, 2.24) is 18.7 Å². The number of aryl methyl sites for hydroxylation is 6. The molecule has 0 atom stereocenters. The lowest BCUT2D eigenvalue weighted by Crippen LogP contribution is -1.99. The number of benzene rings is 10. The van der Waals surface area contributed by atoms with E-state index in [-0.39, 0.29) is 0 Å². The molecule has 0 N–H and O–H groups in total. The first-order chi connectivity index (χ1) is 37.5. The van der Waals surface area contributed by atoms with Gasteiger partial charge in [-0.25, -0.2) is 4.98 Å². The molecule has 366 valence electrons. The van der Waals surface area contributed by atoms with E-state index in [2.05, 4.69) is 255 Å². The topological polar surface area (TPSA) is 51.5 Å². The van der Waals surface area contributed by atoms with E-state index in [4.69, 9.17) is 4.98 Å². The van der Waals surface area contributed by atoms with Crippen LogP contribution in [0.3, 0.4) is 0 Å². The van der Waals surface area contributed by atoms with Gasteiger partial charge in [-0.15, -0.1) is 0 Å². The highest BCUT2D eigenvalue weighted by atomic mass is 15.0. The highest BCUT2D eigenvalue weighted by Crippen LogP contribution is 2.44. The zero-order valence-electron chi connectivity index (χ0n) is 43.9. The predicted molar refractivity (Wildman–Crippen MR) is 322 cm³/mol. The third kappa shape index (κ3) is 7.55. The van der Waals surface area contributed by atoms with E-state index >= 15 is 0 Å². The van der Waals surface area contributed by atoms with Crippen molar-refractivity contribution in [3.05, 3.63) is 251 Å². The first-order valence-electron chi connectivity index (χ1n) is 26.5. The van der Waals surface area contributed by atoms with Crippen LogP contribution in [0.5, 0.6) is 0 Å². The summed E-state index contributed by atoms with van der Waals surface area (Å²) in [6.07, 6.45) is 0. The predicted octanol–water partition coefficient (Wildman–Crippen LogP) is 18.8. The Bertz CT molecular complexity index is 4610. The molecule has 0 amide bonds. The van der Waals surface area contributed by atoms with Gasteiger partial charge in [0.1, 0.15) is 0 Å². The van der Waals surface area contributed by atoms with Gasteiger partial charge < -0.3 is 13.7 Å². The molecule has 5 heteroatoms. The molecular weight excluding hydrogens is 935 g/mol. The molecule has 5 nitrogen and oxygen atoms in total. The van der Waals surface area contributed by atoms with E-state index < -0.39 is 0 Å². The first kappa shape index (κ1) is 45.8. The van der Waals surface area contributed by atoms with E-state index in [1.807, 2.05) is 18.2 Å². The minimum atomic E-state index is 0.599. The van der Waals surface area contributed by atoms with Crippen LogP contribution in [-0.4, -0.2) is 18.7 Å². The maximum Gasteiger partial charge on any atom is 0.0991 e. The Balaban J connectivity index is 0.976. The number of nitriles is 1. The monoisotopic (exact) mass is 987 g/mol. The standard InChI is InChI=1S/C72H53N5/c1-43-10-28-65-58(34-43)59-35-44(2)11-29-66(59)75(65)54-22-16-50(17-23-54)64-41-57(53-9-7-8-49(40-53)42-73)71(51-18-24-55(25-19-51)76-67-30-12-45(3)36-60(67)61-37-46(4)13-31-68(61)76)72(74-64)52-20-26-56(27-21-52)77-69-32-14-47(5)38-62(69)63-39-48(6)15-33-70(63)77/h7-41H,1-6H3. The molecule has 0 aliphatic rings. The van der Waals surface area contributed by atoms with Crippen LogP contribution in [0, 0.1) is 52.9 Å². The number of aromatic nitrogens is 4. The van der Waals surface area contributed by atoms with E-state index in [0.29, 0.717) is 5.56 Å². The molecule has 0 fully saturated rings. The summed E-state index contributed by atoms with van der Waals surface area (Å²) in [4.78, 5) is 5.73. The molecule has 0 unspecified atom stereocenters. The molecule has 77 heavy (non-hydrogen) atoms. The van der Waals surface area contributed by atoms with Crippen LogP contribution in [0.4, 0.5) is 0 Å². The van der Waals surface area contributed by atoms with E-state index in [0.717, 1.165) is 61.8 Å². The second kappa shape index (κ2) is 17.7. The summed E-state index contributed by atoms with van der Waals surface area (Å²) in [5, 5.41) is 17.8. The summed E-state index contributed by atoms with van der Waals surface area (Å²) in [7, 11) is 0. The van der Waals surface area contributed by atoms with Crippen LogP contribution in [-0.2, 0) is 0 Å². The number of pyridine rings is 1. The van der Waals surface area contributed by atoms with Crippen molar-refractivity contribution in [2.24, 2.45) is 0 Å². The zero-order chi connectivity index (χ0) is 52.2. The summed E-state index contributed by atoms with van der Waals surface area (Å²) in [6, 6.07) is 79.9. The molecule has 0 saturated carbocycles. The van der Waals surface area contributed by atoms with E-state index in [1.165, 1.54) is 98.8 Å². The van der Waals surface area contributed by atoms with Crippen molar-refractivity contribution in [2.75, 3.05) is 0 Å². The summed E-state index contributed by atoms with van der Waals surface area (Å²) in [5.74, 6) is 0. The minimum absolute atomic E-state index is 0.599. The van der Waals surface area contributed by atoms with Crippen LogP contribution >= 0.6 is 0 Å². The average molecular weight is 988 g/mol. The largest absolute Gasteiger partial charge is 0.309 e. The van der Waals surface area contributed by atoms with Gasteiger partial charge in [-0.2, -0.15) is 5.26 Å². The van der Waals surface area contributed by atoms with Gasteiger partial charge in [0.2, 0.25) is 0 Å². The second-order valence-corrected chi connectivity index (χ2v) is 21.2. The van der Waals surface area contributed by atoms with Crippen molar-refractivity contribution in [3.8, 4) is 67.9 Å². The highest BCUT2D eigenvalue weighted by Gasteiger charge is 2.22. The molecule has 0 aliphatic heterocycles. The van der Waals surface area contributed by atoms with Gasteiger partial charge >= 0.3 is 0 Å². The lowest BCUT2D eigenvalue weighted by atomic mass is 9.89. The summed E-state index contributed by atoms with van der Waals surface area (Å²) in [5.41, 5.74) is 26.0. The van der Waals surface area contributed by atoms with Crippen LogP contribution < -0.4 is 0 Å². The van der Waals surface area contributed by atoms with Crippen LogP contribution in [0.15, 0.2) is 212 Å². The molecule has 4 aromatic heterocycles. The van der Waals surface area contributed by atoms with Crippen LogP contribution in [0.2, 0.25) is 0 Å².